The maximum absolute atomic E-state index is 12.0. The predicted molar refractivity (Wildman–Crippen MR) is 71.2 cm³/mol. The fraction of sp³-hybridized carbons (Fsp3) is 0.636. The molecule has 0 aromatic carbocycles. The third-order valence-corrected chi connectivity index (χ3v) is 5.30. The molecule has 1 unspecified atom stereocenters. The number of hydrogen-bond acceptors (Lipinski definition) is 5. The van der Waals surface area contributed by atoms with Crippen LogP contribution in [0.4, 0.5) is 0 Å². The molecular weight excluding hydrogens is 272 g/mol. The van der Waals surface area contributed by atoms with Gasteiger partial charge in [0.25, 0.3) is 0 Å². The number of rotatable bonds is 6. The fourth-order valence-electron chi connectivity index (χ4n) is 1.86. The second kappa shape index (κ2) is 6.12. The Kier molecular flexibility index (Phi) is 4.74. The lowest BCUT2D eigenvalue weighted by Crippen LogP contribution is -2.31. The van der Waals surface area contributed by atoms with E-state index in [1.54, 1.807) is 11.4 Å². The van der Waals surface area contributed by atoms with Crippen LogP contribution in [-0.2, 0) is 21.3 Å². The topological polar surface area (TPSA) is 67.4 Å². The Morgan fingerprint density at radius 1 is 1.56 bits per heavy atom. The molecule has 7 heteroatoms. The van der Waals surface area contributed by atoms with Gasteiger partial charge < -0.3 is 10.1 Å². The third kappa shape index (κ3) is 3.52. The molecule has 18 heavy (non-hydrogen) atoms. The highest BCUT2D eigenvalue weighted by Crippen LogP contribution is 2.19. The number of nitrogens with one attached hydrogen (secondary N) is 2. The van der Waals surface area contributed by atoms with Crippen molar-refractivity contribution in [3.05, 3.63) is 16.3 Å². The summed E-state index contributed by atoms with van der Waals surface area (Å²) in [6.45, 7) is 1.78. The molecule has 0 amide bonds. The second-order valence-electron chi connectivity index (χ2n) is 4.27. The maximum Gasteiger partial charge on any atom is 0.241 e. The van der Waals surface area contributed by atoms with Crippen LogP contribution in [-0.4, -0.2) is 34.7 Å². The highest BCUT2D eigenvalue weighted by atomic mass is 32.2. The summed E-state index contributed by atoms with van der Waals surface area (Å²) in [5.74, 6) is 0. The molecule has 0 aliphatic carbocycles. The van der Waals surface area contributed by atoms with Crippen molar-refractivity contribution in [1.29, 1.82) is 0 Å². The van der Waals surface area contributed by atoms with Crippen LogP contribution >= 0.6 is 11.3 Å². The SMILES string of the molecule is CNCc1cc(S(=O)(=O)NCC2CCCO2)cs1. The first-order valence-electron chi connectivity index (χ1n) is 5.95. The van der Waals surface area contributed by atoms with E-state index in [2.05, 4.69) is 10.0 Å². The van der Waals surface area contributed by atoms with E-state index in [9.17, 15) is 8.42 Å². The molecule has 5 nitrogen and oxygen atoms in total. The fourth-order valence-corrected chi connectivity index (χ4v) is 4.21. The summed E-state index contributed by atoms with van der Waals surface area (Å²) in [6.07, 6.45) is 1.96. The van der Waals surface area contributed by atoms with Crippen molar-refractivity contribution in [1.82, 2.24) is 10.0 Å². The standard InChI is InChI=1S/C11H18N2O3S2/c1-12-7-10-5-11(8-17-10)18(14,15)13-6-9-3-2-4-16-9/h5,8-9,12-13H,2-4,6-7H2,1H3. The molecule has 1 aliphatic heterocycles. The highest BCUT2D eigenvalue weighted by Gasteiger charge is 2.21. The summed E-state index contributed by atoms with van der Waals surface area (Å²) in [4.78, 5) is 1.35. The minimum atomic E-state index is -3.39. The zero-order chi connectivity index (χ0) is 13.0. The minimum absolute atomic E-state index is 0.0233. The van der Waals surface area contributed by atoms with Crippen LogP contribution in [0.15, 0.2) is 16.3 Å². The Bertz CT molecular complexity index is 478. The first-order chi connectivity index (χ1) is 8.62. The predicted octanol–water partition coefficient (Wildman–Crippen LogP) is 0.925. The number of thiophene rings is 1. The van der Waals surface area contributed by atoms with Gasteiger partial charge in [0.2, 0.25) is 10.0 Å². The average Bonchev–Trinajstić information content (AvgIpc) is 2.98. The molecule has 2 heterocycles. The monoisotopic (exact) mass is 290 g/mol. The van der Waals surface area contributed by atoms with Gasteiger partial charge in [-0.05, 0) is 26.0 Å². The Morgan fingerprint density at radius 3 is 3.06 bits per heavy atom. The lowest BCUT2D eigenvalue weighted by atomic mass is 10.2. The van der Waals surface area contributed by atoms with E-state index >= 15 is 0 Å². The largest absolute Gasteiger partial charge is 0.377 e. The minimum Gasteiger partial charge on any atom is -0.377 e. The van der Waals surface area contributed by atoms with E-state index in [-0.39, 0.29) is 6.10 Å². The van der Waals surface area contributed by atoms with E-state index in [4.69, 9.17) is 4.74 Å². The highest BCUT2D eigenvalue weighted by molar-refractivity contribution is 7.89. The van der Waals surface area contributed by atoms with Gasteiger partial charge in [-0.2, -0.15) is 0 Å². The summed E-state index contributed by atoms with van der Waals surface area (Å²) in [5.41, 5.74) is 0. The molecule has 1 saturated heterocycles. The van der Waals surface area contributed by atoms with Gasteiger partial charge >= 0.3 is 0 Å². The summed E-state index contributed by atoms with van der Waals surface area (Å²) < 4.78 is 32.1. The van der Waals surface area contributed by atoms with Crippen molar-refractivity contribution >= 4 is 21.4 Å². The van der Waals surface area contributed by atoms with Gasteiger partial charge in [0.1, 0.15) is 0 Å². The van der Waals surface area contributed by atoms with Crippen LogP contribution in [0.1, 0.15) is 17.7 Å². The Morgan fingerprint density at radius 2 is 2.39 bits per heavy atom. The van der Waals surface area contributed by atoms with Crippen molar-refractivity contribution < 1.29 is 13.2 Å². The average molecular weight is 290 g/mol. The molecule has 102 valence electrons. The second-order valence-corrected chi connectivity index (χ2v) is 7.03. The van der Waals surface area contributed by atoms with Gasteiger partial charge in [-0.3, -0.25) is 0 Å². The van der Waals surface area contributed by atoms with Gasteiger partial charge in [0.15, 0.2) is 0 Å². The quantitative estimate of drug-likeness (QED) is 0.818. The molecule has 0 spiro atoms. The van der Waals surface area contributed by atoms with E-state index in [1.165, 1.54) is 11.3 Å². The molecule has 2 N–H and O–H groups in total. The lowest BCUT2D eigenvalue weighted by molar-refractivity contribution is 0.114. The van der Waals surface area contributed by atoms with Crippen molar-refractivity contribution in [3.63, 3.8) is 0 Å². The van der Waals surface area contributed by atoms with Crippen LogP contribution in [0.3, 0.4) is 0 Å². The van der Waals surface area contributed by atoms with Crippen molar-refractivity contribution in [3.8, 4) is 0 Å². The molecular formula is C11H18N2O3S2. The van der Waals surface area contributed by atoms with E-state index in [0.717, 1.165) is 24.3 Å². The van der Waals surface area contributed by atoms with E-state index < -0.39 is 10.0 Å². The zero-order valence-corrected chi connectivity index (χ0v) is 11.9. The molecule has 1 aromatic rings. The van der Waals surface area contributed by atoms with E-state index in [1.807, 2.05) is 7.05 Å². The van der Waals surface area contributed by atoms with E-state index in [0.29, 0.717) is 18.0 Å². The molecule has 0 radical (unpaired) electrons. The number of hydrogen-bond donors (Lipinski definition) is 2. The van der Waals surface area contributed by atoms with Crippen molar-refractivity contribution in [2.75, 3.05) is 20.2 Å². The van der Waals surface area contributed by atoms with Gasteiger partial charge in [0, 0.05) is 30.0 Å². The first-order valence-corrected chi connectivity index (χ1v) is 8.31. The molecule has 0 bridgehead atoms. The molecule has 1 aliphatic rings. The Hall–Kier alpha value is -0.470. The Labute approximate surface area is 112 Å². The van der Waals surface area contributed by atoms with Gasteiger partial charge in [-0.15, -0.1) is 11.3 Å². The first kappa shape index (κ1) is 14.0. The van der Waals surface area contributed by atoms with Crippen LogP contribution < -0.4 is 10.0 Å². The zero-order valence-electron chi connectivity index (χ0n) is 10.3. The number of sulfonamides is 1. The summed E-state index contributed by atoms with van der Waals surface area (Å²) >= 11 is 1.45. The van der Waals surface area contributed by atoms with Crippen LogP contribution in [0, 0.1) is 0 Å². The smallest absolute Gasteiger partial charge is 0.241 e. The normalized spacial score (nSPS) is 20.4. The third-order valence-electron chi connectivity index (χ3n) is 2.82. The molecule has 1 aromatic heterocycles. The van der Waals surface area contributed by atoms with Crippen LogP contribution in [0.2, 0.25) is 0 Å². The summed E-state index contributed by atoms with van der Waals surface area (Å²) in [5, 5.41) is 4.67. The van der Waals surface area contributed by atoms with Gasteiger partial charge in [-0.1, -0.05) is 0 Å². The van der Waals surface area contributed by atoms with Gasteiger partial charge in [0.05, 0.1) is 11.0 Å². The van der Waals surface area contributed by atoms with Gasteiger partial charge in [-0.25, -0.2) is 13.1 Å². The van der Waals surface area contributed by atoms with Crippen LogP contribution in [0.5, 0.6) is 0 Å². The Balaban J connectivity index is 1.95. The molecule has 1 atom stereocenters. The number of ether oxygens (including phenoxy) is 1. The van der Waals surface area contributed by atoms with Crippen LogP contribution in [0.25, 0.3) is 0 Å². The van der Waals surface area contributed by atoms with Crippen molar-refractivity contribution in [2.24, 2.45) is 0 Å². The molecule has 0 saturated carbocycles. The summed E-state index contributed by atoms with van der Waals surface area (Å²) in [7, 11) is -1.56. The lowest BCUT2D eigenvalue weighted by Gasteiger charge is -2.10. The maximum atomic E-state index is 12.0. The molecule has 1 fully saturated rings. The van der Waals surface area contributed by atoms with Crippen molar-refractivity contribution in [2.45, 2.75) is 30.4 Å². The summed E-state index contributed by atoms with van der Waals surface area (Å²) in [6, 6.07) is 1.71. The molecule has 2 rings (SSSR count).